The summed E-state index contributed by atoms with van der Waals surface area (Å²) in [7, 11) is 4.60. The predicted molar refractivity (Wildman–Crippen MR) is 104 cm³/mol. The van der Waals surface area contributed by atoms with Crippen LogP contribution in [0.3, 0.4) is 0 Å². The molecule has 138 valence electrons. The SMILES string of the molecule is C.C.CC1C[C@H]2CC[C@@H](C1)N2C.CN1[C@@H]2CC[C@H]1CC(C)(C)C2. The van der Waals surface area contributed by atoms with Gasteiger partial charge >= 0.3 is 0 Å². The Morgan fingerprint density at radius 2 is 1.04 bits per heavy atom. The van der Waals surface area contributed by atoms with Gasteiger partial charge in [-0.2, -0.15) is 0 Å². The molecule has 0 saturated carbocycles. The Balaban J connectivity index is 0.000000212. The normalized spacial score (nSPS) is 41.3. The summed E-state index contributed by atoms with van der Waals surface area (Å²) in [5.74, 6) is 0.994. The maximum atomic E-state index is 2.60. The fourth-order valence-electron chi connectivity index (χ4n) is 5.62. The van der Waals surface area contributed by atoms with Crippen LogP contribution < -0.4 is 0 Å². The second-order valence-corrected chi connectivity index (χ2v) is 9.25. The van der Waals surface area contributed by atoms with Crippen molar-refractivity contribution in [2.75, 3.05) is 14.1 Å². The standard InChI is InChI=1S/C10H19N.C9H17N.2CH4/c1-10(2)6-8-4-5-9(7-10)11(8)3;1-7-5-8-3-4-9(6-7)10(8)2;;/h8-9H,4-7H2,1-3H3;7-9H,3-6H2,1-2H3;2*1H4/t8-,9+;7?,8-,9+;;. The number of rotatable bonds is 0. The summed E-state index contributed by atoms with van der Waals surface area (Å²) in [6.45, 7) is 7.24. The van der Waals surface area contributed by atoms with E-state index in [2.05, 4.69) is 44.7 Å². The zero-order valence-corrected chi connectivity index (χ0v) is 14.9. The van der Waals surface area contributed by atoms with Crippen LogP contribution >= 0.6 is 0 Å². The molecule has 0 N–H and O–H groups in total. The van der Waals surface area contributed by atoms with Gasteiger partial charge in [-0.25, -0.2) is 0 Å². The summed E-state index contributed by atoms with van der Waals surface area (Å²) in [5.41, 5.74) is 0.623. The molecule has 0 aromatic rings. The molecular weight excluding hydrogens is 280 g/mol. The van der Waals surface area contributed by atoms with Gasteiger partial charge in [0.25, 0.3) is 0 Å². The topological polar surface area (TPSA) is 6.48 Å². The highest BCUT2D eigenvalue weighted by atomic mass is 15.2. The van der Waals surface area contributed by atoms with Crippen LogP contribution in [0, 0.1) is 11.3 Å². The minimum Gasteiger partial charge on any atom is -0.300 e. The highest BCUT2D eigenvalue weighted by Crippen LogP contribution is 2.43. The van der Waals surface area contributed by atoms with E-state index < -0.39 is 0 Å². The van der Waals surface area contributed by atoms with Gasteiger partial charge < -0.3 is 9.80 Å². The monoisotopic (exact) mass is 324 g/mol. The zero-order chi connectivity index (χ0) is 15.2. The van der Waals surface area contributed by atoms with Crippen molar-refractivity contribution in [1.29, 1.82) is 0 Å². The zero-order valence-electron chi connectivity index (χ0n) is 14.9. The molecule has 0 radical (unpaired) electrons. The number of piperidine rings is 2. The summed E-state index contributed by atoms with van der Waals surface area (Å²) in [5, 5.41) is 0. The molecule has 4 bridgehead atoms. The fourth-order valence-corrected chi connectivity index (χ4v) is 5.62. The van der Waals surface area contributed by atoms with Gasteiger partial charge in [-0.1, -0.05) is 35.6 Å². The number of nitrogens with zero attached hydrogens (tertiary/aromatic N) is 2. The van der Waals surface area contributed by atoms with E-state index in [1.807, 2.05) is 0 Å². The van der Waals surface area contributed by atoms with Gasteiger partial charge in [-0.05, 0) is 76.8 Å². The Bertz CT molecular complexity index is 335. The summed E-state index contributed by atoms with van der Waals surface area (Å²) >= 11 is 0. The van der Waals surface area contributed by atoms with Gasteiger partial charge in [0.05, 0.1) is 0 Å². The molecule has 5 atom stereocenters. The Kier molecular flexibility index (Phi) is 7.17. The number of hydrogen-bond acceptors (Lipinski definition) is 2. The average Bonchev–Trinajstić information content (AvgIpc) is 2.75. The molecule has 4 fully saturated rings. The molecule has 1 unspecified atom stereocenters. The van der Waals surface area contributed by atoms with E-state index in [0.717, 1.165) is 30.1 Å². The third-order valence-corrected chi connectivity index (χ3v) is 6.90. The first kappa shape index (κ1) is 21.0. The molecule has 0 aromatic heterocycles. The van der Waals surface area contributed by atoms with Crippen LogP contribution in [0.25, 0.3) is 0 Å². The lowest BCUT2D eigenvalue weighted by Crippen LogP contribution is -2.43. The number of hydrogen-bond donors (Lipinski definition) is 0. The lowest BCUT2D eigenvalue weighted by Gasteiger charge is -2.41. The van der Waals surface area contributed by atoms with E-state index in [4.69, 9.17) is 0 Å². The molecular formula is C21H44N2. The van der Waals surface area contributed by atoms with Crippen molar-refractivity contribution in [1.82, 2.24) is 9.80 Å². The van der Waals surface area contributed by atoms with E-state index in [1.165, 1.54) is 51.4 Å². The summed E-state index contributed by atoms with van der Waals surface area (Å²) < 4.78 is 0. The predicted octanol–water partition coefficient (Wildman–Crippen LogP) is 5.42. The molecule has 4 saturated heterocycles. The average molecular weight is 325 g/mol. The van der Waals surface area contributed by atoms with Crippen LogP contribution in [0.5, 0.6) is 0 Å². The molecule has 4 rings (SSSR count). The molecule has 0 spiro atoms. The van der Waals surface area contributed by atoms with E-state index in [0.29, 0.717) is 5.41 Å². The van der Waals surface area contributed by atoms with Crippen LogP contribution in [0.4, 0.5) is 0 Å². The molecule has 0 aliphatic carbocycles. The van der Waals surface area contributed by atoms with Gasteiger partial charge in [0, 0.05) is 24.2 Å². The van der Waals surface area contributed by atoms with Crippen LogP contribution in [0.15, 0.2) is 0 Å². The van der Waals surface area contributed by atoms with Crippen LogP contribution in [-0.4, -0.2) is 48.1 Å². The van der Waals surface area contributed by atoms with Crippen LogP contribution in [0.1, 0.15) is 87.0 Å². The smallest absolute Gasteiger partial charge is 0.0101 e. The van der Waals surface area contributed by atoms with Gasteiger partial charge in [-0.15, -0.1) is 0 Å². The van der Waals surface area contributed by atoms with E-state index >= 15 is 0 Å². The molecule has 2 heteroatoms. The van der Waals surface area contributed by atoms with E-state index in [-0.39, 0.29) is 14.9 Å². The van der Waals surface area contributed by atoms with Crippen molar-refractivity contribution >= 4 is 0 Å². The second kappa shape index (κ2) is 7.87. The van der Waals surface area contributed by atoms with Crippen LogP contribution in [0.2, 0.25) is 0 Å². The van der Waals surface area contributed by atoms with Crippen LogP contribution in [-0.2, 0) is 0 Å². The van der Waals surface area contributed by atoms with Crippen molar-refractivity contribution in [2.24, 2.45) is 11.3 Å². The molecule has 0 amide bonds. The Morgan fingerprint density at radius 1 is 0.696 bits per heavy atom. The quantitative estimate of drug-likeness (QED) is 0.587. The lowest BCUT2D eigenvalue weighted by molar-refractivity contribution is 0.0856. The van der Waals surface area contributed by atoms with E-state index in [9.17, 15) is 0 Å². The Morgan fingerprint density at radius 3 is 1.48 bits per heavy atom. The van der Waals surface area contributed by atoms with Gasteiger partial charge in [0.15, 0.2) is 0 Å². The van der Waals surface area contributed by atoms with Crippen molar-refractivity contribution in [3.05, 3.63) is 0 Å². The van der Waals surface area contributed by atoms with Crippen molar-refractivity contribution in [3.63, 3.8) is 0 Å². The maximum Gasteiger partial charge on any atom is 0.0101 e. The fraction of sp³-hybridized carbons (Fsp3) is 1.00. The highest BCUT2D eigenvalue weighted by molar-refractivity contribution is 4.96. The third-order valence-electron chi connectivity index (χ3n) is 6.90. The molecule has 0 aromatic carbocycles. The lowest BCUT2D eigenvalue weighted by atomic mass is 9.79. The largest absolute Gasteiger partial charge is 0.300 e. The van der Waals surface area contributed by atoms with E-state index in [1.54, 1.807) is 0 Å². The van der Waals surface area contributed by atoms with Gasteiger partial charge in [0.2, 0.25) is 0 Å². The van der Waals surface area contributed by atoms with Crippen molar-refractivity contribution < 1.29 is 0 Å². The minimum absolute atomic E-state index is 0. The molecule has 23 heavy (non-hydrogen) atoms. The second-order valence-electron chi connectivity index (χ2n) is 9.25. The Hall–Kier alpha value is -0.0800. The third kappa shape index (κ3) is 4.51. The first-order valence-corrected chi connectivity index (χ1v) is 9.29. The first-order valence-electron chi connectivity index (χ1n) is 9.29. The molecule has 4 aliphatic heterocycles. The number of fused-ring (bicyclic) bond motifs is 4. The molecule has 2 nitrogen and oxygen atoms in total. The van der Waals surface area contributed by atoms with Gasteiger partial charge in [0.1, 0.15) is 0 Å². The van der Waals surface area contributed by atoms with Gasteiger partial charge in [-0.3, -0.25) is 0 Å². The summed E-state index contributed by atoms with van der Waals surface area (Å²) in [6.07, 6.45) is 11.6. The maximum absolute atomic E-state index is 2.60. The Labute approximate surface area is 147 Å². The minimum atomic E-state index is 0. The van der Waals surface area contributed by atoms with Crippen molar-refractivity contribution in [2.45, 2.75) is 111 Å². The highest BCUT2D eigenvalue weighted by Gasteiger charge is 2.41. The first-order chi connectivity index (χ1) is 9.85. The summed E-state index contributed by atoms with van der Waals surface area (Å²) in [6, 6.07) is 3.69. The molecule has 4 heterocycles. The summed E-state index contributed by atoms with van der Waals surface area (Å²) in [4.78, 5) is 5.20. The molecule has 4 aliphatic rings. The van der Waals surface area contributed by atoms with Crippen molar-refractivity contribution in [3.8, 4) is 0 Å².